The molecule has 3 aromatic rings. The topological polar surface area (TPSA) is 42.2 Å². The zero-order chi connectivity index (χ0) is 13.9. The van der Waals surface area contributed by atoms with Crippen molar-refractivity contribution in [2.45, 2.75) is 19.9 Å². The Hall–Kier alpha value is -2.20. The number of nitrogens with one attached hydrogen (secondary N) is 1. The molecule has 0 saturated heterocycles. The number of hydrogen-bond acceptors (Lipinski definition) is 3. The summed E-state index contributed by atoms with van der Waals surface area (Å²) in [6.45, 7) is 5.00. The predicted molar refractivity (Wildman–Crippen MR) is 79.7 cm³/mol. The molecule has 0 aliphatic heterocycles. The summed E-state index contributed by atoms with van der Waals surface area (Å²) >= 11 is 0. The Morgan fingerprint density at radius 2 is 2.10 bits per heavy atom. The second-order valence-corrected chi connectivity index (χ2v) is 4.85. The molecule has 1 N–H and O–H groups in total. The number of fused-ring (bicyclic) bond motifs is 1. The normalized spacial score (nSPS) is 12.7. The van der Waals surface area contributed by atoms with Crippen molar-refractivity contribution < 1.29 is 0 Å². The van der Waals surface area contributed by atoms with Gasteiger partial charge in [-0.3, -0.25) is 4.98 Å². The third kappa shape index (κ3) is 2.30. The summed E-state index contributed by atoms with van der Waals surface area (Å²) < 4.78 is 1.90. The third-order valence-corrected chi connectivity index (χ3v) is 3.44. The van der Waals surface area contributed by atoms with Crippen LogP contribution in [0.1, 0.15) is 29.8 Å². The van der Waals surface area contributed by atoms with E-state index in [1.165, 1.54) is 5.56 Å². The van der Waals surface area contributed by atoms with Crippen LogP contribution in [0.4, 0.5) is 0 Å². The molecule has 3 heterocycles. The maximum absolute atomic E-state index is 4.42. The number of aryl methyl sites for hydroxylation is 1. The lowest BCUT2D eigenvalue weighted by atomic mass is 10.0. The largest absolute Gasteiger partial charge is 0.306 e. The van der Waals surface area contributed by atoms with Crippen LogP contribution in [0.3, 0.4) is 0 Å². The molecule has 102 valence electrons. The van der Waals surface area contributed by atoms with Crippen molar-refractivity contribution in [3.63, 3.8) is 0 Å². The molecule has 1 atom stereocenters. The van der Waals surface area contributed by atoms with Crippen LogP contribution in [0, 0.1) is 6.92 Å². The first-order valence-electron chi connectivity index (χ1n) is 6.88. The zero-order valence-corrected chi connectivity index (χ0v) is 11.7. The Balaban J connectivity index is 2.08. The molecule has 20 heavy (non-hydrogen) atoms. The summed E-state index contributed by atoms with van der Waals surface area (Å²) in [6.07, 6.45) is 5.84. The minimum atomic E-state index is 0.119. The second kappa shape index (κ2) is 5.43. The molecule has 0 aliphatic carbocycles. The van der Waals surface area contributed by atoms with Gasteiger partial charge in [-0.2, -0.15) is 5.10 Å². The Morgan fingerprint density at radius 3 is 2.85 bits per heavy atom. The molecule has 0 bridgehead atoms. The van der Waals surface area contributed by atoms with Gasteiger partial charge in [0, 0.05) is 23.7 Å². The molecule has 3 rings (SSSR count). The van der Waals surface area contributed by atoms with Crippen LogP contribution in [0.25, 0.3) is 5.52 Å². The molecule has 0 aromatic carbocycles. The van der Waals surface area contributed by atoms with Gasteiger partial charge in [0.15, 0.2) is 0 Å². The quantitative estimate of drug-likeness (QED) is 0.789. The fourth-order valence-corrected chi connectivity index (χ4v) is 2.44. The first kappa shape index (κ1) is 12.8. The third-order valence-electron chi connectivity index (χ3n) is 3.44. The summed E-state index contributed by atoms with van der Waals surface area (Å²) in [5, 5.41) is 7.94. The fraction of sp³-hybridized carbons (Fsp3) is 0.250. The average molecular weight is 266 g/mol. The zero-order valence-electron chi connectivity index (χ0n) is 11.7. The van der Waals surface area contributed by atoms with Crippen LogP contribution in [0.2, 0.25) is 0 Å². The molecular formula is C16H18N4. The van der Waals surface area contributed by atoms with Gasteiger partial charge < -0.3 is 5.32 Å². The van der Waals surface area contributed by atoms with E-state index in [9.17, 15) is 0 Å². The lowest BCUT2D eigenvalue weighted by molar-refractivity contribution is 0.632. The number of rotatable bonds is 4. The van der Waals surface area contributed by atoms with Crippen LogP contribution >= 0.6 is 0 Å². The van der Waals surface area contributed by atoms with Gasteiger partial charge in [-0.15, -0.1) is 0 Å². The van der Waals surface area contributed by atoms with Crippen molar-refractivity contribution in [2.75, 3.05) is 6.54 Å². The molecule has 4 nitrogen and oxygen atoms in total. The Bertz CT molecular complexity index is 700. The van der Waals surface area contributed by atoms with Crippen molar-refractivity contribution in [1.29, 1.82) is 0 Å². The van der Waals surface area contributed by atoms with Crippen molar-refractivity contribution in [1.82, 2.24) is 19.9 Å². The molecule has 4 heteroatoms. The Kier molecular flexibility index (Phi) is 3.48. The lowest BCUT2D eigenvalue weighted by Gasteiger charge is -2.17. The van der Waals surface area contributed by atoms with Gasteiger partial charge in [-0.25, -0.2) is 4.52 Å². The molecule has 0 aliphatic rings. The monoisotopic (exact) mass is 266 g/mol. The number of nitrogens with zero attached hydrogens (tertiary/aromatic N) is 3. The van der Waals surface area contributed by atoms with E-state index in [1.807, 2.05) is 48.2 Å². The molecule has 0 amide bonds. The van der Waals surface area contributed by atoms with Crippen molar-refractivity contribution in [3.8, 4) is 0 Å². The maximum atomic E-state index is 4.42. The number of aromatic nitrogens is 3. The van der Waals surface area contributed by atoms with Crippen LogP contribution in [-0.2, 0) is 0 Å². The Labute approximate surface area is 118 Å². The van der Waals surface area contributed by atoms with Gasteiger partial charge in [-0.1, -0.05) is 19.1 Å². The van der Waals surface area contributed by atoms with Gasteiger partial charge in [-0.05, 0) is 37.2 Å². The van der Waals surface area contributed by atoms with Gasteiger partial charge in [0.1, 0.15) is 0 Å². The predicted octanol–water partition coefficient (Wildman–Crippen LogP) is 2.74. The maximum Gasteiger partial charge on any atom is 0.0712 e. The number of hydrogen-bond donors (Lipinski definition) is 1. The van der Waals surface area contributed by atoms with Crippen molar-refractivity contribution in [2.24, 2.45) is 0 Å². The van der Waals surface area contributed by atoms with Gasteiger partial charge in [0.2, 0.25) is 0 Å². The summed E-state index contributed by atoms with van der Waals surface area (Å²) in [5.74, 6) is 0. The first-order valence-corrected chi connectivity index (χ1v) is 6.88. The van der Waals surface area contributed by atoms with E-state index in [0.717, 1.165) is 23.3 Å². The van der Waals surface area contributed by atoms with Crippen molar-refractivity contribution in [3.05, 3.63) is 65.7 Å². The molecule has 0 spiro atoms. The highest BCUT2D eigenvalue weighted by atomic mass is 15.2. The van der Waals surface area contributed by atoms with Gasteiger partial charge in [0.25, 0.3) is 0 Å². The lowest BCUT2D eigenvalue weighted by Crippen LogP contribution is -2.22. The minimum absolute atomic E-state index is 0.119. The summed E-state index contributed by atoms with van der Waals surface area (Å²) in [4.78, 5) is 4.41. The minimum Gasteiger partial charge on any atom is -0.306 e. The number of pyridine rings is 2. The van der Waals surface area contributed by atoms with Crippen LogP contribution in [0.5, 0.6) is 0 Å². The molecule has 0 fully saturated rings. The highest BCUT2D eigenvalue weighted by molar-refractivity contribution is 5.56. The van der Waals surface area contributed by atoms with E-state index in [0.29, 0.717) is 0 Å². The van der Waals surface area contributed by atoms with E-state index >= 15 is 0 Å². The SMILES string of the molecule is CCNC(c1ccc(C)nc1)c1cnn2ccccc12. The van der Waals surface area contributed by atoms with E-state index in [2.05, 4.69) is 34.5 Å². The van der Waals surface area contributed by atoms with Gasteiger partial charge in [0.05, 0.1) is 17.8 Å². The summed E-state index contributed by atoms with van der Waals surface area (Å²) in [7, 11) is 0. The average Bonchev–Trinajstić information content (AvgIpc) is 2.90. The Morgan fingerprint density at radius 1 is 1.20 bits per heavy atom. The molecule has 1 unspecified atom stereocenters. The molecular weight excluding hydrogens is 248 g/mol. The standard InChI is InChI=1S/C16H18N4/c1-3-17-16(13-8-7-12(2)18-10-13)14-11-19-20-9-5-4-6-15(14)20/h4-11,16-17H,3H2,1-2H3. The molecule has 3 aromatic heterocycles. The van der Waals surface area contributed by atoms with E-state index in [1.54, 1.807) is 0 Å². The second-order valence-electron chi connectivity index (χ2n) is 4.85. The van der Waals surface area contributed by atoms with Crippen molar-refractivity contribution >= 4 is 5.52 Å². The highest BCUT2D eigenvalue weighted by Crippen LogP contribution is 2.25. The van der Waals surface area contributed by atoms with Crippen LogP contribution < -0.4 is 5.32 Å². The summed E-state index contributed by atoms with van der Waals surface area (Å²) in [5.41, 5.74) is 4.50. The highest BCUT2D eigenvalue weighted by Gasteiger charge is 2.17. The molecule has 0 radical (unpaired) electrons. The summed E-state index contributed by atoms with van der Waals surface area (Å²) in [6, 6.07) is 10.4. The fourth-order valence-electron chi connectivity index (χ4n) is 2.44. The van der Waals surface area contributed by atoms with Crippen LogP contribution in [-0.4, -0.2) is 21.1 Å². The van der Waals surface area contributed by atoms with Crippen LogP contribution in [0.15, 0.2) is 48.9 Å². The van der Waals surface area contributed by atoms with E-state index in [4.69, 9.17) is 0 Å². The van der Waals surface area contributed by atoms with E-state index in [-0.39, 0.29) is 6.04 Å². The molecule has 0 saturated carbocycles. The first-order chi connectivity index (χ1) is 9.79. The van der Waals surface area contributed by atoms with Gasteiger partial charge >= 0.3 is 0 Å². The van der Waals surface area contributed by atoms with E-state index < -0.39 is 0 Å². The smallest absolute Gasteiger partial charge is 0.0712 e.